The molecule has 0 spiro atoms. The molecule has 1 aliphatic heterocycles. The summed E-state index contributed by atoms with van der Waals surface area (Å²) in [5, 5.41) is 12.1. The van der Waals surface area contributed by atoms with Gasteiger partial charge in [0.2, 0.25) is 0 Å². The van der Waals surface area contributed by atoms with Crippen molar-refractivity contribution in [3.63, 3.8) is 0 Å². The molecule has 6 nitrogen and oxygen atoms in total. The van der Waals surface area contributed by atoms with E-state index >= 15 is 0 Å². The topological polar surface area (TPSA) is 81.5 Å². The van der Waals surface area contributed by atoms with E-state index in [0.29, 0.717) is 12.2 Å². The van der Waals surface area contributed by atoms with Crippen molar-refractivity contribution in [2.45, 2.75) is 52.7 Å². The fourth-order valence-corrected chi connectivity index (χ4v) is 4.84. The summed E-state index contributed by atoms with van der Waals surface area (Å²) in [6.07, 6.45) is 1.47. The molecular formula is C28H28N2O4. The average molecular weight is 457 g/mol. The Balaban J connectivity index is 1.91. The molecule has 0 unspecified atom stereocenters. The van der Waals surface area contributed by atoms with Crippen molar-refractivity contribution in [2.24, 2.45) is 0 Å². The van der Waals surface area contributed by atoms with Gasteiger partial charge in [-0.1, -0.05) is 6.07 Å². The smallest absolute Gasteiger partial charge is 0.337 e. The fourth-order valence-electron chi connectivity index (χ4n) is 4.84. The van der Waals surface area contributed by atoms with Crippen LogP contribution in [-0.4, -0.2) is 33.3 Å². The van der Waals surface area contributed by atoms with Gasteiger partial charge < -0.3 is 14.6 Å². The van der Waals surface area contributed by atoms with Gasteiger partial charge in [0.25, 0.3) is 0 Å². The Labute approximate surface area is 198 Å². The van der Waals surface area contributed by atoms with Gasteiger partial charge in [-0.05, 0) is 81.6 Å². The number of hydrogen-bond acceptors (Lipinski definition) is 5. The summed E-state index contributed by atoms with van der Waals surface area (Å²) in [6, 6.07) is 11.9. The van der Waals surface area contributed by atoms with E-state index in [1.807, 2.05) is 77.2 Å². The summed E-state index contributed by atoms with van der Waals surface area (Å²) in [7, 11) is 0. The third kappa shape index (κ3) is 3.78. The first kappa shape index (κ1) is 22.3. The standard InChI is InChI=1S/C28H28N2O4/c1-15-14-20-18(7-6-16(2)30-20)24(22(15)26(27(31)32)34-28(3,4)5)19-8-9-21-23-17(11-13-33-21)10-12-29-25(19)23/h6-10,12,14,26H,11,13H2,1-5H3,(H,31,32)/t26-/m1/s1. The van der Waals surface area contributed by atoms with Crippen molar-refractivity contribution in [1.29, 1.82) is 0 Å². The highest BCUT2D eigenvalue weighted by atomic mass is 16.5. The first-order valence-electron chi connectivity index (χ1n) is 11.5. The van der Waals surface area contributed by atoms with E-state index < -0.39 is 17.7 Å². The largest absolute Gasteiger partial charge is 0.493 e. The molecule has 2 aromatic carbocycles. The van der Waals surface area contributed by atoms with Gasteiger partial charge in [0, 0.05) is 40.2 Å². The third-order valence-electron chi connectivity index (χ3n) is 6.18. The number of aryl methyl sites for hydroxylation is 2. The molecule has 0 fully saturated rings. The van der Waals surface area contributed by atoms with Crippen LogP contribution >= 0.6 is 0 Å². The summed E-state index contributed by atoms with van der Waals surface area (Å²) < 4.78 is 12.1. The highest BCUT2D eigenvalue weighted by molar-refractivity contribution is 6.08. The van der Waals surface area contributed by atoms with Gasteiger partial charge in [-0.15, -0.1) is 0 Å². The predicted octanol–water partition coefficient (Wildman–Crippen LogP) is 5.94. The fraction of sp³-hybridized carbons (Fsp3) is 0.321. The minimum atomic E-state index is -1.15. The number of ether oxygens (including phenoxy) is 2. The minimum absolute atomic E-state index is 0.625. The van der Waals surface area contributed by atoms with Gasteiger partial charge in [-0.2, -0.15) is 0 Å². The zero-order valence-electron chi connectivity index (χ0n) is 20.1. The lowest BCUT2D eigenvalue weighted by Gasteiger charge is -2.29. The normalized spacial score (nSPS) is 14.3. The maximum absolute atomic E-state index is 12.6. The van der Waals surface area contributed by atoms with Gasteiger partial charge in [0.15, 0.2) is 6.10 Å². The molecular weight excluding hydrogens is 428 g/mol. The summed E-state index contributed by atoms with van der Waals surface area (Å²) >= 11 is 0. The molecule has 0 aliphatic carbocycles. The maximum atomic E-state index is 12.6. The van der Waals surface area contributed by atoms with Gasteiger partial charge in [-0.25, -0.2) is 4.79 Å². The monoisotopic (exact) mass is 456 g/mol. The second kappa shape index (κ2) is 8.06. The molecule has 0 amide bonds. The van der Waals surface area contributed by atoms with Crippen LogP contribution in [0.15, 0.2) is 42.6 Å². The van der Waals surface area contributed by atoms with Crippen LogP contribution in [0.2, 0.25) is 0 Å². The molecule has 174 valence electrons. The van der Waals surface area contributed by atoms with Crippen molar-refractivity contribution in [2.75, 3.05) is 6.61 Å². The van der Waals surface area contributed by atoms with Crippen molar-refractivity contribution in [3.05, 3.63) is 65.0 Å². The zero-order chi connectivity index (χ0) is 24.2. The Kier molecular flexibility index (Phi) is 5.29. The lowest BCUT2D eigenvalue weighted by molar-refractivity contribution is -0.160. The van der Waals surface area contributed by atoms with Crippen molar-refractivity contribution in [3.8, 4) is 16.9 Å². The van der Waals surface area contributed by atoms with Crippen LogP contribution in [0.4, 0.5) is 0 Å². The first-order valence-corrected chi connectivity index (χ1v) is 11.5. The molecule has 1 N–H and O–H groups in total. The van der Waals surface area contributed by atoms with E-state index in [0.717, 1.165) is 56.4 Å². The number of aliphatic carboxylic acids is 1. The van der Waals surface area contributed by atoms with Gasteiger partial charge in [0.1, 0.15) is 5.75 Å². The molecule has 6 heteroatoms. The van der Waals surface area contributed by atoms with E-state index in [-0.39, 0.29) is 0 Å². The Morgan fingerprint density at radius 1 is 1.15 bits per heavy atom. The lowest BCUT2D eigenvalue weighted by atomic mass is 9.86. The molecule has 0 radical (unpaired) electrons. The predicted molar refractivity (Wildman–Crippen MR) is 132 cm³/mol. The van der Waals surface area contributed by atoms with Crippen molar-refractivity contribution < 1.29 is 19.4 Å². The summed E-state index contributed by atoms with van der Waals surface area (Å²) in [5.74, 6) is -0.223. The Morgan fingerprint density at radius 2 is 1.94 bits per heavy atom. The number of carbonyl (C=O) groups is 1. The molecule has 3 heterocycles. The Hall–Kier alpha value is -3.51. The van der Waals surface area contributed by atoms with E-state index in [9.17, 15) is 9.90 Å². The van der Waals surface area contributed by atoms with Crippen LogP contribution in [0.5, 0.6) is 5.75 Å². The average Bonchev–Trinajstić information content (AvgIpc) is 2.77. The first-order chi connectivity index (χ1) is 16.1. The van der Waals surface area contributed by atoms with Crippen LogP contribution in [0.25, 0.3) is 32.9 Å². The third-order valence-corrected chi connectivity index (χ3v) is 6.18. The lowest BCUT2D eigenvalue weighted by Crippen LogP contribution is -2.28. The number of nitrogens with zero attached hydrogens (tertiary/aromatic N) is 2. The van der Waals surface area contributed by atoms with Crippen molar-refractivity contribution >= 4 is 27.8 Å². The number of fused-ring (bicyclic) bond motifs is 1. The molecule has 1 aliphatic rings. The minimum Gasteiger partial charge on any atom is -0.493 e. The SMILES string of the molecule is Cc1ccc2c(-c3ccc4c5c(ccnc35)CCO4)c([C@@H](OC(C)(C)C)C(=O)O)c(C)cc2n1. The molecule has 2 aromatic heterocycles. The molecule has 0 saturated carbocycles. The number of carboxylic acid groups (broad SMARTS) is 1. The summed E-state index contributed by atoms with van der Waals surface area (Å²) in [6.45, 7) is 10.1. The highest BCUT2D eigenvalue weighted by Crippen LogP contribution is 2.44. The van der Waals surface area contributed by atoms with Gasteiger partial charge in [0.05, 0.1) is 23.2 Å². The number of pyridine rings is 2. The van der Waals surface area contributed by atoms with Gasteiger partial charge in [-0.3, -0.25) is 9.97 Å². The molecule has 1 atom stereocenters. The maximum Gasteiger partial charge on any atom is 0.337 e. The second-order valence-electron chi connectivity index (χ2n) is 9.85. The van der Waals surface area contributed by atoms with Crippen LogP contribution in [0.3, 0.4) is 0 Å². The van der Waals surface area contributed by atoms with Crippen LogP contribution in [0, 0.1) is 13.8 Å². The molecule has 5 rings (SSSR count). The molecule has 0 saturated heterocycles. The molecule has 0 bridgehead atoms. The van der Waals surface area contributed by atoms with E-state index in [1.165, 1.54) is 5.56 Å². The quantitative estimate of drug-likeness (QED) is 0.409. The Bertz CT molecular complexity index is 1440. The van der Waals surface area contributed by atoms with Crippen LogP contribution in [-0.2, 0) is 16.0 Å². The molecule has 34 heavy (non-hydrogen) atoms. The number of hydrogen-bond donors (Lipinski definition) is 1. The number of rotatable bonds is 4. The van der Waals surface area contributed by atoms with E-state index in [2.05, 4.69) is 0 Å². The Morgan fingerprint density at radius 3 is 2.68 bits per heavy atom. The highest BCUT2D eigenvalue weighted by Gasteiger charge is 2.32. The van der Waals surface area contributed by atoms with E-state index in [1.54, 1.807) is 0 Å². The van der Waals surface area contributed by atoms with Crippen LogP contribution < -0.4 is 4.74 Å². The number of benzene rings is 2. The number of aromatic nitrogens is 2. The number of carboxylic acids is 1. The second-order valence-corrected chi connectivity index (χ2v) is 9.85. The summed E-state index contributed by atoms with van der Waals surface area (Å²) in [4.78, 5) is 22.1. The van der Waals surface area contributed by atoms with Crippen LogP contribution in [0.1, 0.15) is 49.3 Å². The van der Waals surface area contributed by atoms with Crippen molar-refractivity contribution in [1.82, 2.24) is 9.97 Å². The summed E-state index contributed by atoms with van der Waals surface area (Å²) in [5.41, 5.74) is 6.12. The van der Waals surface area contributed by atoms with Gasteiger partial charge >= 0.3 is 5.97 Å². The zero-order valence-corrected chi connectivity index (χ0v) is 20.1. The molecule has 4 aromatic rings. The van der Waals surface area contributed by atoms with E-state index in [4.69, 9.17) is 19.4 Å².